The van der Waals surface area contributed by atoms with E-state index in [2.05, 4.69) is 51.1 Å². The van der Waals surface area contributed by atoms with Crippen LogP contribution in [0.1, 0.15) is 44.0 Å². The molecule has 1 fully saturated rings. The third-order valence-corrected chi connectivity index (χ3v) is 6.77. The number of furan rings is 1. The third kappa shape index (κ3) is 4.14. The summed E-state index contributed by atoms with van der Waals surface area (Å²) in [6.45, 7) is 10.3. The lowest BCUT2D eigenvalue weighted by Crippen LogP contribution is -2.49. The number of tetrazole rings is 1. The molecule has 0 unspecified atom stereocenters. The Kier molecular flexibility index (Phi) is 5.53. The molecule has 1 N–H and O–H groups in total. The van der Waals surface area contributed by atoms with Crippen LogP contribution in [0.5, 0.6) is 11.5 Å². The fourth-order valence-electron chi connectivity index (χ4n) is 4.96. The fourth-order valence-corrected chi connectivity index (χ4v) is 4.96. The van der Waals surface area contributed by atoms with Gasteiger partial charge in [0.2, 0.25) is 6.79 Å². The maximum Gasteiger partial charge on any atom is 0.253 e. The van der Waals surface area contributed by atoms with Crippen molar-refractivity contribution in [2.24, 2.45) is 0 Å². The molecule has 36 heavy (non-hydrogen) atoms. The summed E-state index contributed by atoms with van der Waals surface area (Å²) in [5.41, 5.74) is 0.771. The van der Waals surface area contributed by atoms with Crippen LogP contribution in [0, 0.1) is 0 Å². The molecule has 2 aliphatic rings. The van der Waals surface area contributed by atoms with Crippen LogP contribution < -0.4 is 15.0 Å². The van der Waals surface area contributed by atoms with Crippen molar-refractivity contribution in [3.8, 4) is 11.5 Å². The van der Waals surface area contributed by atoms with Crippen molar-refractivity contribution in [1.29, 1.82) is 0 Å². The van der Waals surface area contributed by atoms with Gasteiger partial charge in [-0.1, -0.05) is 0 Å². The van der Waals surface area contributed by atoms with Crippen molar-refractivity contribution in [3.05, 3.63) is 64.1 Å². The van der Waals surface area contributed by atoms with Gasteiger partial charge in [0.25, 0.3) is 5.56 Å². The maximum atomic E-state index is 13.5. The smallest absolute Gasteiger partial charge is 0.253 e. The molecular formula is C25H29N7O4. The van der Waals surface area contributed by atoms with Crippen molar-refractivity contribution in [2.45, 2.75) is 38.9 Å². The number of aromatic nitrogens is 5. The minimum absolute atomic E-state index is 0.173. The van der Waals surface area contributed by atoms with E-state index >= 15 is 0 Å². The van der Waals surface area contributed by atoms with E-state index in [0.717, 1.165) is 43.9 Å². The second-order valence-corrected chi connectivity index (χ2v) is 10.3. The molecule has 1 saturated heterocycles. The second-order valence-electron chi connectivity index (χ2n) is 10.3. The Morgan fingerprint density at radius 2 is 1.86 bits per heavy atom. The number of nitrogens with one attached hydrogen (secondary N) is 1. The van der Waals surface area contributed by atoms with Crippen molar-refractivity contribution < 1.29 is 13.9 Å². The lowest BCUT2D eigenvalue weighted by Gasteiger charge is -2.39. The summed E-state index contributed by atoms with van der Waals surface area (Å²) in [6, 6.07) is 9.13. The predicted octanol–water partition coefficient (Wildman–Crippen LogP) is 2.50. The molecule has 1 aromatic carbocycles. The summed E-state index contributed by atoms with van der Waals surface area (Å²) in [6.07, 6.45) is 1.70. The van der Waals surface area contributed by atoms with Crippen LogP contribution in [0.15, 0.2) is 45.8 Å². The topological polar surface area (TPSA) is 115 Å². The highest BCUT2D eigenvalue weighted by Gasteiger charge is 2.35. The van der Waals surface area contributed by atoms with E-state index in [1.807, 2.05) is 35.0 Å². The van der Waals surface area contributed by atoms with E-state index in [1.54, 1.807) is 6.26 Å². The summed E-state index contributed by atoms with van der Waals surface area (Å²) < 4.78 is 18.4. The van der Waals surface area contributed by atoms with E-state index in [1.165, 1.54) is 0 Å². The maximum absolute atomic E-state index is 13.5. The Balaban J connectivity index is 1.39. The lowest BCUT2D eigenvalue weighted by atomic mass is 10.0. The number of rotatable bonds is 5. The molecule has 11 nitrogen and oxygen atoms in total. The molecule has 2 aliphatic heterocycles. The van der Waals surface area contributed by atoms with Crippen molar-refractivity contribution in [3.63, 3.8) is 0 Å². The molecule has 0 saturated carbocycles. The van der Waals surface area contributed by atoms with Crippen LogP contribution in [-0.4, -0.2) is 68.0 Å². The highest BCUT2D eigenvalue weighted by atomic mass is 16.7. The van der Waals surface area contributed by atoms with Crippen LogP contribution in [0.4, 0.5) is 0 Å². The zero-order valence-corrected chi connectivity index (χ0v) is 20.6. The van der Waals surface area contributed by atoms with Crippen molar-refractivity contribution >= 4 is 10.9 Å². The molecule has 5 heterocycles. The Labute approximate surface area is 207 Å². The first-order chi connectivity index (χ1) is 17.4. The number of fused-ring (bicyclic) bond motifs is 2. The number of nitrogens with zero attached hydrogens (tertiary/aromatic N) is 6. The van der Waals surface area contributed by atoms with Gasteiger partial charge in [-0.15, -0.1) is 5.10 Å². The number of hydrogen-bond acceptors (Lipinski definition) is 9. The molecule has 11 heteroatoms. The average molecular weight is 492 g/mol. The van der Waals surface area contributed by atoms with E-state index in [-0.39, 0.29) is 17.9 Å². The fraction of sp³-hybridized carbons (Fsp3) is 0.440. The Morgan fingerprint density at radius 3 is 2.58 bits per heavy atom. The van der Waals surface area contributed by atoms with E-state index in [9.17, 15) is 4.79 Å². The number of hydrogen-bond donors (Lipinski definition) is 1. The van der Waals surface area contributed by atoms with Gasteiger partial charge in [-0.05, 0) is 55.5 Å². The average Bonchev–Trinajstić information content (AvgIpc) is 3.61. The third-order valence-electron chi connectivity index (χ3n) is 6.77. The number of pyridine rings is 1. The van der Waals surface area contributed by atoms with Crippen LogP contribution in [0.25, 0.3) is 10.9 Å². The van der Waals surface area contributed by atoms with Crippen LogP contribution >= 0.6 is 0 Å². The standard InChI is InChI=1S/C25H29N7O4/c1-25(2,3)32-23(27-28-29-32)22(31-8-6-30(7-9-31)14-17-5-4-10-34-17)18-11-16-12-20-21(36-15-35-20)13-19(16)26-24(18)33/h4-5,10-13,22H,6-9,14-15H2,1-3H3,(H,26,33)/t22-/m1/s1. The first-order valence-electron chi connectivity index (χ1n) is 12.1. The van der Waals surface area contributed by atoms with Gasteiger partial charge in [0.1, 0.15) is 11.8 Å². The van der Waals surface area contributed by atoms with Crippen molar-refractivity contribution in [1.82, 2.24) is 35.0 Å². The molecule has 1 atom stereocenters. The van der Waals surface area contributed by atoms with Crippen LogP contribution in [0.2, 0.25) is 0 Å². The van der Waals surface area contributed by atoms with Gasteiger partial charge >= 0.3 is 0 Å². The highest BCUT2D eigenvalue weighted by molar-refractivity contribution is 5.83. The number of ether oxygens (including phenoxy) is 2. The summed E-state index contributed by atoms with van der Waals surface area (Å²) >= 11 is 0. The minimum Gasteiger partial charge on any atom is -0.468 e. The molecule has 188 valence electrons. The Hall–Kier alpha value is -3.70. The van der Waals surface area contributed by atoms with Crippen LogP contribution in [0.3, 0.4) is 0 Å². The SMILES string of the molecule is CC(C)(C)n1nnnc1[C@@H](c1cc2cc3c(cc2[nH]c1=O)OCO3)N1CCN(Cc2ccco2)CC1. The van der Waals surface area contributed by atoms with Gasteiger partial charge in [0.05, 0.1) is 23.9 Å². The Bertz CT molecular complexity index is 1430. The number of piperazine rings is 1. The Morgan fingerprint density at radius 1 is 1.08 bits per heavy atom. The highest BCUT2D eigenvalue weighted by Crippen LogP contribution is 2.36. The minimum atomic E-state index is -0.413. The quantitative estimate of drug-likeness (QED) is 0.450. The van der Waals surface area contributed by atoms with Gasteiger partial charge in [-0.3, -0.25) is 14.6 Å². The van der Waals surface area contributed by atoms with Gasteiger partial charge in [0.15, 0.2) is 17.3 Å². The molecule has 0 spiro atoms. The molecule has 0 radical (unpaired) electrons. The van der Waals surface area contributed by atoms with Gasteiger partial charge in [-0.2, -0.15) is 0 Å². The zero-order valence-electron chi connectivity index (χ0n) is 20.6. The number of H-pyrrole nitrogens is 1. The molecule has 0 aliphatic carbocycles. The largest absolute Gasteiger partial charge is 0.468 e. The summed E-state index contributed by atoms with van der Waals surface area (Å²) in [5, 5.41) is 13.6. The monoisotopic (exact) mass is 491 g/mol. The summed E-state index contributed by atoms with van der Waals surface area (Å²) in [5.74, 6) is 2.89. The first-order valence-corrected chi connectivity index (χ1v) is 12.1. The van der Waals surface area contributed by atoms with Gasteiger partial charge < -0.3 is 18.9 Å². The number of aromatic amines is 1. The van der Waals surface area contributed by atoms with Crippen LogP contribution in [-0.2, 0) is 12.1 Å². The zero-order chi connectivity index (χ0) is 24.9. The van der Waals surface area contributed by atoms with Crippen molar-refractivity contribution in [2.75, 3.05) is 33.0 Å². The summed E-state index contributed by atoms with van der Waals surface area (Å²) in [7, 11) is 0. The van der Waals surface area contributed by atoms with Gasteiger partial charge in [-0.25, -0.2) is 4.68 Å². The molecule has 0 bridgehead atoms. The molecule has 3 aromatic heterocycles. The molecular weight excluding hydrogens is 462 g/mol. The second kappa shape index (κ2) is 8.75. The molecule has 4 aromatic rings. The predicted molar refractivity (Wildman–Crippen MR) is 131 cm³/mol. The number of benzene rings is 1. The van der Waals surface area contributed by atoms with E-state index in [4.69, 9.17) is 13.9 Å². The lowest BCUT2D eigenvalue weighted by molar-refractivity contribution is 0.0931. The summed E-state index contributed by atoms with van der Waals surface area (Å²) in [4.78, 5) is 21.2. The molecule has 0 amide bonds. The van der Waals surface area contributed by atoms with Gasteiger partial charge in [0, 0.05) is 43.2 Å². The van der Waals surface area contributed by atoms with E-state index < -0.39 is 6.04 Å². The first kappa shape index (κ1) is 22.7. The normalized spacial score (nSPS) is 17.6. The van der Waals surface area contributed by atoms with E-state index in [0.29, 0.717) is 28.4 Å². The molecule has 6 rings (SSSR count).